The predicted octanol–water partition coefficient (Wildman–Crippen LogP) is 4.18. The number of benzene rings is 2. The van der Waals surface area contributed by atoms with Crippen LogP contribution in [0, 0.1) is 10.1 Å². The van der Waals surface area contributed by atoms with Crippen molar-refractivity contribution in [2.24, 2.45) is 0 Å². The Hall–Kier alpha value is -2.62. The minimum Gasteiger partial charge on any atom is -0.347 e. The molecule has 0 bridgehead atoms. The van der Waals surface area contributed by atoms with Gasteiger partial charge in [0.1, 0.15) is 0 Å². The van der Waals surface area contributed by atoms with E-state index in [-0.39, 0.29) is 10.6 Å². The van der Waals surface area contributed by atoms with Crippen LogP contribution in [-0.2, 0) is 13.0 Å². The predicted molar refractivity (Wildman–Crippen MR) is 83.4 cm³/mol. The van der Waals surface area contributed by atoms with Crippen LogP contribution in [0.4, 0.5) is 5.69 Å². The summed E-state index contributed by atoms with van der Waals surface area (Å²) in [4.78, 5) is 10.4. The molecule has 0 amide bonds. The molecule has 0 radical (unpaired) electrons. The highest BCUT2D eigenvalue weighted by Gasteiger charge is 2.08. The van der Waals surface area contributed by atoms with Crippen molar-refractivity contribution in [2.75, 3.05) is 0 Å². The number of nitrogens with zero attached hydrogens (tertiary/aromatic N) is 2. The third kappa shape index (κ3) is 2.94. The Morgan fingerprint density at radius 3 is 2.62 bits per heavy atom. The summed E-state index contributed by atoms with van der Waals surface area (Å²) < 4.78 is 2.15. The third-order valence-corrected chi connectivity index (χ3v) is 3.67. The van der Waals surface area contributed by atoms with E-state index in [1.54, 1.807) is 12.1 Å². The minimum absolute atomic E-state index is 0.143. The molecule has 1 aromatic heterocycles. The highest BCUT2D eigenvalue weighted by Crippen LogP contribution is 2.22. The van der Waals surface area contributed by atoms with E-state index in [2.05, 4.69) is 28.8 Å². The Balaban J connectivity index is 1.71. The van der Waals surface area contributed by atoms with Crippen LogP contribution in [0.25, 0.3) is 10.9 Å². The third-order valence-electron chi connectivity index (χ3n) is 3.67. The Morgan fingerprint density at radius 2 is 1.86 bits per heavy atom. The number of nitro groups is 1. The van der Waals surface area contributed by atoms with Crippen molar-refractivity contribution in [2.45, 2.75) is 19.4 Å². The fourth-order valence-corrected chi connectivity index (χ4v) is 2.59. The first kappa shape index (κ1) is 13.4. The zero-order valence-electron chi connectivity index (χ0n) is 11.6. The molecular weight excluding hydrogens is 264 g/mol. The molecule has 0 unspecified atom stereocenters. The van der Waals surface area contributed by atoms with E-state index in [1.165, 1.54) is 5.56 Å². The number of rotatable bonds is 5. The second kappa shape index (κ2) is 5.79. The van der Waals surface area contributed by atoms with Gasteiger partial charge in [-0.05, 0) is 30.5 Å². The van der Waals surface area contributed by atoms with Crippen molar-refractivity contribution < 1.29 is 4.92 Å². The minimum atomic E-state index is -0.355. The summed E-state index contributed by atoms with van der Waals surface area (Å²) in [5, 5.41) is 11.7. The molecule has 1 heterocycles. The standard InChI is InChI=1S/C17H16N2O2/c20-19(21)16-8-9-17-15(13-16)10-12-18(17)11-4-7-14-5-2-1-3-6-14/h1-3,5-6,8-10,12-13H,4,7,11H2. The van der Waals surface area contributed by atoms with Crippen molar-refractivity contribution in [1.82, 2.24) is 4.57 Å². The lowest BCUT2D eigenvalue weighted by Gasteiger charge is -2.05. The first-order valence-electron chi connectivity index (χ1n) is 7.01. The number of hydrogen-bond donors (Lipinski definition) is 0. The van der Waals surface area contributed by atoms with Gasteiger partial charge in [0, 0.05) is 35.8 Å². The maximum atomic E-state index is 10.8. The van der Waals surface area contributed by atoms with Crippen LogP contribution in [0.3, 0.4) is 0 Å². The van der Waals surface area contributed by atoms with Crippen LogP contribution in [0.15, 0.2) is 60.8 Å². The van der Waals surface area contributed by atoms with Crippen molar-refractivity contribution in [3.05, 3.63) is 76.5 Å². The first-order chi connectivity index (χ1) is 10.2. The Kier molecular flexibility index (Phi) is 3.69. The van der Waals surface area contributed by atoms with Gasteiger partial charge < -0.3 is 4.57 Å². The number of hydrogen-bond acceptors (Lipinski definition) is 2. The summed E-state index contributed by atoms with van der Waals surface area (Å²) >= 11 is 0. The summed E-state index contributed by atoms with van der Waals surface area (Å²) in [6.45, 7) is 0.913. The smallest absolute Gasteiger partial charge is 0.270 e. The van der Waals surface area contributed by atoms with Gasteiger partial charge in [0.05, 0.1) is 4.92 Å². The van der Waals surface area contributed by atoms with E-state index in [0.717, 1.165) is 30.3 Å². The Morgan fingerprint density at radius 1 is 1.05 bits per heavy atom. The largest absolute Gasteiger partial charge is 0.347 e. The van der Waals surface area contributed by atoms with Crippen molar-refractivity contribution in [1.29, 1.82) is 0 Å². The SMILES string of the molecule is O=[N+]([O-])c1ccc2c(ccn2CCCc2ccccc2)c1. The molecule has 0 saturated heterocycles. The van der Waals surface area contributed by atoms with Crippen LogP contribution in [0.5, 0.6) is 0 Å². The van der Waals surface area contributed by atoms with Crippen molar-refractivity contribution in [3.8, 4) is 0 Å². The lowest BCUT2D eigenvalue weighted by atomic mass is 10.1. The molecule has 21 heavy (non-hydrogen) atoms. The van der Waals surface area contributed by atoms with Gasteiger partial charge in [-0.1, -0.05) is 30.3 Å². The van der Waals surface area contributed by atoms with Gasteiger partial charge in [-0.2, -0.15) is 0 Å². The normalized spacial score (nSPS) is 10.9. The maximum Gasteiger partial charge on any atom is 0.270 e. The Labute approximate surface area is 122 Å². The molecule has 2 aromatic carbocycles. The number of fused-ring (bicyclic) bond motifs is 1. The fraction of sp³-hybridized carbons (Fsp3) is 0.176. The van der Waals surface area contributed by atoms with Crippen LogP contribution >= 0.6 is 0 Å². The van der Waals surface area contributed by atoms with Gasteiger partial charge >= 0.3 is 0 Å². The number of aryl methyl sites for hydroxylation is 2. The Bertz CT molecular complexity index is 763. The van der Waals surface area contributed by atoms with E-state index in [1.807, 2.05) is 24.4 Å². The molecule has 0 atom stereocenters. The van der Waals surface area contributed by atoms with E-state index in [4.69, 9.17) is 0 Å². The number of nitro benzene ring substituents is 1. The summed E-state index contributed by atoms with van der Waals surface area (Å²) in [6, 6.07) is 17.4. The fourth-order valence-electron chi connectivity index (χ4n) is 2.59. The highest BCUT2D eigenvalue weighted by atomic mass is 16.6. The second-order valence-electron chi connectivity index (χ2n) is 5.10. The van der Waals surface area contributed by atoms with Crippen LogP contribution in [0.1, 0.15) is 12.0 Å². The molecule has 0 spiro atoms. The van der Waals surface area contributed by atoms with Gasteiger partial charge in [0.15, 0.2) is 0 Å². The quantitative estimate of drug-likeness (QED) is 0.520. The molecule has 0 aliphatic carbocycles. The number of aromatic nitrogens is 1. The molecule has 0 fully saturated rings. The summed E-state index contributed by atoms with van der Waals surface area (Å²) in [7, 11) is 0. The molecular formula is C17H16N2O2. The van der Waals surface area contributed by atoms with Gasteiger partial charge in [-0.3, -0.25) is 10.1 Å². The van der Waals surface area contributed by atoms with Crippen molar-refractivity contribution in [3.63, 3.8) is 0 Å². The molecule has 0 aliphatic heterocycles. The summed E-state index contributed by atoms with van der Waals surface area (Å²) in [6.07, 6.45) is 4.08. The topological polar surface area (TPSA) is 48.1 Å². The van der Waals surface area contributed by atoms with Gasteiger partial charge in [0.2, 0.25) is 0 Å². The zero-order chi connectivity index (χ0) is 14.7. The molecule has 4 nitrogen and oxygen atoms in total. The molecule has 3 aromatic rings. The zero-order valence-corrected chi connectivity index (χ0v) is 11.6. The van der Waals surface area contributed by atoms with Crippen molar-refractivity contribution >= 4 is 16.6 Å². The lowest BCUT2D eigenvalue weighted by molar-refractivity contribution is -0.384. The second-order valence-corrected chi connectivity index (χ2v) is 5.10. The summed E-state index contributed by atoms with van der Waals surface area (Å²) in [5.74, 6) is 0. The van der Waals surface area contributed by atoms with Gasteiger partial charge in [0.25, 0.3) is 5.69 Å². The molecule has 0 aliphatic rings. The van der Waals surface area contributed by atoms with Crippen LogP contribution in [-0.4, -0.2) is 9.49 Å². The van der Waals surface area contributed by atoms with Gasteiger partial charge in [-0.15, -0.1) is 0 Å². The number of non-ortho nitro benzene ring substituents is 1. The molecule has 4 heteroatoms. The average Bonchev–Trinajstić information content (AvgIpc) is 2.91. The molecule has 0 saturated carbocycles. The average molecular weight is 280 g/mol. The highest BCUT2D eigenvalue weighted by molar-refractivity contribution is 5.82. The van der Waals surface area contributed by atoms with Crippen LogP contribution in [0.2, 0.25) is 0 Å². The first-order valence-corrected chi connectivity index (χ1v) is 7.01. The van der Waals surface area contributed by atoms with Crippen LogP contribution < -0.4 is 0 Å². The maximum absolute atomic E-state index is 10.8. The molecule has 106 valence electrons. The van der Waals surface area contributed by atoms with E-state index in [9.17, 15) is 10.1 Å². The van der Waals surface area contributed by atoms with E-state index >= 15 is 0 Å². The molecule has 3 rings (SSSR count). The monoisotopic (exact) mass is 280 g/mol. The lowest BCUT2D eigenvalue weighted by Crippen LogP contribution is -1.98. The van der Waals surface area contributed by atoms with Gasteiger partial charge in [-0.25, -0.2) is 0 Å². The van der Waals surface area contributed by atoms with E-state index < -0.39 is 0 Å². The summed E-state index contributed by atoms with van der Waals surface area (Å²) in [5.41, 5.74) is 2.53. The van der Waals surface area contributed by atoms with E-state index in [0.29, 0.717) is 0 Å². The molecule has 0 N–H and O–H groups in total.